The molecule has 1 aliphatic rings. The van der Waals surface area contributed by atoms with Crippen LogP contribution in [0.2, 0.25) is 0 Å². The highest BCUT2D eigenvalue weighted by molar-refractivity contribution is 8.00. The van der Waals surface area contributed by atoms with Crippen LogP contribution in [0.15, 0.2) is 24.3 Å². The van der Waals surface area contributed by atoms with Gasteiger partial charge >= 0.3 is 0 Å². The topological polar surface area (TPSA) is 38.3 Å². The Labute approximate surface area is 106 Å². The van der Waals surface area contributed by atoms with Crippen molar-refractivity contribution in [1.82, 2.24) is 0 Å². The van der Waals surface area contributed by atoms with Gasteiger partial charge in [-0.3, -0.25) is 4.79 Å². The summed E-state index contributed by atoms with van der Waals surface area (Å²) in [5.74, 6) is 2.05. The Morgan fingerprint density at radius 3 is 2.82 bits per heavy atom. The van der Waals surface area contributed by atoms with Crippen molar-refractivity contribution in [2.75, 3.05) is 17.7 Å². The van der Waals surface area contributed by atoms with Gasteiger partial charge in [-0.15, -0.1) is 11.8 Å². The number of amides is 1. The molecule has 0 bridgehead atoms. The Bertz CT molecular complexity index is 372. The third-order valence-electron chi connectivity index (χ3n) is 2.65. The van der Waals surface area contributed by atoms with Gasteiger partial charge in [0.25, 0.3) is 0 Å². The number of ether oxygens (including phenoxy) is 1. The highest BCUT2D eigenvalue weighted by atomic mass is 32.2. The van der Waals surface area contributed by atoms with Gasteiger partial charge in [-0.25, -0.2) is 0 Å². The van der Waals surface area contributed by atoms with E-state index in [1.54, 1.807) is 11.8 Å². The SMILES string of the molecule is CCOc1ccc(NC(=O)C2CCCS2)cc1. The maximum atomic E-state index is 11.9. The van der Waals surface area contributed by atoms with Gasteiger partial charge in [-0.05, 0) is 49.8 Å². The van der Waals surface area contributed by atoms with Crippen LogP contribution in [0, 0.1) is 0 Å². The van der Waals surface area contributed by atoms with Crippen molar-refractivity contribution in [1.29, 1.82) is 0 Å². The predicted octanol–water partition coefficient (Wildman–Crippen LogP) is 2.92. The zero-order chi connectivity index (χ0) is 12.1. The third-order valence-corrected chi connectivity index (χ3v) is 4.03. The lowest BCUT2D eigenvalue weighted by Crippen LogP contribution is -2.22. The van der Waals surface area contributed by atoms with Crippen molar-refractivity contribution >= 4 is 23.4 Å². The van der Waals surface area contributed by atoms with Crippen LogP contribution in [-0.4, -0.2) is 23.5 Å². The highest BCUT2D eigenvalue weighted by Gasteiger charge is 2.23. The average molecular weight is 251 g/mol. The van der Waals surface area contributed by atoms with Gasteiger partial charge < -0.3 is 10.1 Å². The minimum Gasteiger partial charge on any atom is -0.494 e. The van der Waals surface area contributed by atoms with Gasteiger partial charge in [0.15, 0.2) is 0 Å². The minimum atomic E-state index is 0.122. The van der Waals surface area contributed by atoms with Gasteiger partial charge in [0.05, 0.1) is 11.9 Å². The summed E-state index contributed by atoms with van der Waals surface area (Å²) in [4.78, 5) is 11.9. The van der Waals surface area contributed by atoms with Crippen LogP contribution in [0.4, 0.5) is 5.69 Å². The summed E-state index contributed by atoms with van der Waals surface area (Å²) in [6.45, 7) is 2.61. The largest absolute Gasteiger partial charge is 0.494 e. The Kier molecular flexibility index (Phi) is 4.31. The smallest absolute Gasteiger partial charge is 0.237 e. The van der Waals surface area contributed by atoms with Crippen LogP contribution in [0.3, 0.4) is 0 Å². The summed E-state index contributed by atoms with van der Waals surface area (Å²) in [7, 11) is 0. The van der Waals surface area contributed by atoms with E-state index < -0.39 is 0 Å². The van der Waals surface area contributed by atoms with E-state index in [4.69, 9.17) is 4.74 Å². The number of carbonyl (C=O) groups excluding carboxylic acids is 1. The van der Waals surface area contributed by atoms with Crippen LogP contribution >= 0.6 is 11.8 Å². The second kappa shape index (κ2) is 5.96. The molecule has 1 heterocycles. The predicted molar refractivity (Wildman–Crippen MR) is 71.7 cm³/mol. The lowest BCUT2D eigenvalue weighted by molar-refractivity contribution is -0.115. The maximum absolute atomic E-state index is 11.9. The molecule has 4 heteroatoms. The van der Waals surface area contributed by atoms with Crippen molar-refractivity contribution in [2.24, 2.45) is 0 Å². The van der Waals surface area contributed by atoms with Crippen LogP contribution in [-0.2, 0) is 4.79 Å². The number of rotatable bonds is 4. The van der Waals surface area contributed by atoms with E-state index in [-0.39, 0.29) is 11.2 Å². The molecule has 1 saturated heterocycles. The molecule has 1 N–H and O–H groups in total. The van der Waals surface area contributed by atoms with Crippen molar-refractivity contribution in [3.8, 4) is 5.75 Å². The van der Waals surface area contributed by atoms with Crippen molar-refractivity contribution in [2.45, 2.75) is 25.0 Å². The fourth-order valence-corrected chi connectivity index (χ4v) is 2.97. The van der Waals surface area contributed by atoms with E-state index in [2.05, 4.69) is 5.32 Å². The summed E-state index contributed by atoms with van der Waals surface area (Å²) in [6.07, 6.45) is 2.14. The lowest BCUT2D eigenvalue weighted by Gasteiger charge is -2.10. The zero-order valence-corrected chi connectivity index (χ0v) is 10.8. The standard InChI is InChI=1S/C13H17NO2S/c1-2-16-11-7-5-10(6-8-11)14-13(15)12-4-3-9-17-12/h5-8,12H,2-4,9H2,1H3,(H,14,15). The number of hydrogen-bond donors (Lipinski definition) is 1. The molecular formula is C13H17NO2S. The van der Waals surface area contributed by atoms with Crippen LogP contribution in [0.5, 0.6) is 5.75 Å². The molecule has 17 heavy (non-hydrogen) atoms. The zero-order valence-electron chi connectivity index (χ0n) is 9.94. The van der Waals surface area contributed by atoms with E-state index in [9.17, 15) is 4.79 Å². The van der Waals surface area contributed by atoms with E-state index >= 15 is 0 Å². The van der Waals surface area contributed by atoms with Gasteiger partial charge in [0.2, 0.25) is 5.91 Å². The third kappa shape index (κ3) is 3.40. The molecule has 3 nitrogen and oxygen atoms in total. The van der Waals surface area contributed by atoms with Gasteiger partial charge in [0, 0.05) is 5.69 Å². The molecule has 1 fully saturated rings. The molecule has 0 spiro atoms. The first kappa shape index (κ1) is 12.3. The van der Waals surface area contributed by atoms with Crippen LogP contribution < -0.4 is 10.1 Å². The van der Waals surface area contributed by atoms with E-state index in [1.807, 2.05) is 31.2 Å². The quantitative estimate of drug-likeness (QED) is 0.894. The van der Waals surface area contributed by atoms with E-state index in [1.165, 1.54) is 0 Å². The Hall–Kier alpha value is -1.16. The second-order valence-electron chi connectivity index (χ2n) is 3.95. The minimum absolute atomic E-state index is 0.122. The van der Waals surface area contributed by atoms with Gasteiger partial charge in [0.1, 0.15) is 5.75 Å². The number of carbonyl (C=O) groups is 1. The molecular weight excluding hydrogens is 234 g/mol. The molecule has 1 atom stereocenters. The molecule has 0 aromatic heterocycles. The normalized spacial score (nSPS) is 19.0. The monoisotopic (exact) mass is 251 g/mol. The van der Waals surface area contributed by atoms with Gasteiger partial charge in [-0.1, -0.05) is 0 Å². The molecule has 0 aliphatic carbocycles. The molecule has 1 amide bonds. The molecule has 2 rings (SSSR count). The highest BCUT2D eigenvalue weighted by Crippen LogP contribution is 2.27. The number of hydrogen-bond acceptors (Lipinski definition) is 3. The van der Waals surface area contributed by atoms with Crippen LogP contribution in [0.1, 0.15) is 19.8 Å². The molecule has 1 aliphatic heterocycles. The first-order valence-corrected chi connectivity index (χ1v) is 7.00. The fourth-order valence-electron chi connectivity index (χ4n) is 1.81. The summed E-state index contributed by atoms with van der Waals surface area (Å²) < 4.78 is 5.35. The summed E-state index contributed by atoms with van der Waals surface area (Å²) >= 11 is 1.74. The van der Waals surface area contributed by atoms with Crippen molar-refractivity contribution < 1.29 is 9.53 Å². The number of nitrogens with one attached hydrogen (secondary N) is 1. The molecule has 1 aromatic rings. The van der Waals surface area contributed by atoms with E-state index in [0.29, 0.717) is 6.61 Å². The van der Waals surface area contributed by atoms with Crippen molar-refractivity contribution in [3.63, 3.8) is 0 Å². The number of anilines is 1. The fraction of sp³-hybridized carbons (Fsp3) is 0.462. The Morgan fingerprint density at radius 2 is 2.24 bits per heavy atom. The summed E-state index contributed by atoms with van der Waals surface area (Å²) in [5.41, 5.74) is 0.839. The molecule has 1 unspecified atom stereocenters. The first-order valence-electron chi connectivity index (χ1n) is 5.95. The summed E-state index contributed by atoms with van der Waals surface area (Å²) in [6, 6.07) is 7.51. The molecule has 0 radical (unpaired) electrons. The second-order valence-corrected chi connectivity index (χ2v) is 5.26. The van der Waals surface area contributed by atoms with Crippen LogP contribution in [0.25, 0.3) is 0 Å². The summed E-state index contributed by atoms with van der Waals surface area (Å²) in [5, 5.41) is 3.06. The number of thioether (sulfide) groups is 1. The first-order chi connectivity index (χ1) is 8.29. The molecule has 92 valence electrons. The average Bonchev–Trinajstić information content (AvgIpc) is 2.86. The Balaban J connectivity index is 1.91. The van der Waals surface area contributed by atoms with Crippen molar-refractivity contribution in [3.05, 3.63) is 24.3 Å². The lowest BCUT2D eigenvalue weighted by atomic mass is 10.2. The van der Waals surface area contributed by atoms with Gasteiger partial charge in [-0.2, -0.15) is 0 Å². The number of benzene rings is 1. The van der Waals surface area contributed by atoms with E-state index in [0.717, 1.165) is 30.0 Å². The molecule has 1 aromatic carbocycles. The maximum Gasteiger partial charge on any atom is 0.237 e. The Morgan fingerprint density at radius 1 is 1.47 bits per heavy atom. The molecule has 0 saturated carbocycles.